The maximum absolute atomic E-state index is 8.75. The van der Waals surface area contributed by atoms with Crippen molar-refractivity contribution in [1.29, 1.82) is 5.26 Å². The minimum Gasteiger partial charge on any atom is -0.397 e. The molecule has 3 nitrogen and oxygen atoms in total. The third kappa shape index (κ3) is 2.93. The Bertz CT molecular complexity index is 585. The van der Waals surface area contributed by atoms with Crippen LogP contribution in [0, 0.1) is 11.3 Å². The van der Waals surface area contributed by atoms with Crippen molar-refractivity contribution < 1.29 is 0 Å². The molecular formula is C14H12ClN3. The van der Waals surface area contributed by atoms with E-state index in [1.165, 1.54) is 0 Å². The van der Waals surface area contributed by atoms with E-state index < -0.39 is 0 Å². The molecule has 3 N–H and O–H groups in total. The van der Waals surface area contributed by atoms with Gasteiger partial charge in [-0.1, -0.05) is 23.7 Å². The Morgan fingerprint density at radius 2 is 1.89 bits per heavy atom. The van der Waals surface area contributed by atoms with Gasteiger partial charge in [-0.15, -0.1) is 0 Å². The standard InChI is InChI=1S/C14H12ClN3/c15-12-4-1-10(2-5-12)9-18-14-6-3-11(8-16)7-13(14)17/h1-7,18H,9,17H2. The van der Waals surface area contributed by atoms with Crippen LogP contribution in [0.3, 0.4) is 0 Å². The lowest BCUT2D eigenvalue weighted by atomic mass is 10.1. The first kappa shape index (κ1) is 12.3. The molecule has 0 saturated heterocycles. The molecule has 0 fully saturated rings. The highest BCUT2D eigenvalue weighted by molar-refractivity contribution is 6.30. The van der Waals surface area contributed by atoms with Crippen molar-refractivity contribution in [2.24, 2.45) is 0 Å². The van der Waals surface area contributed by atoms with Crippen LogP contribution in [0.5, 0.6) is 0 Å². The number of nitrogen functional groups attached to an aromatic ring is 1. The van der Waals surface area contributed by atoms with E-state index in [-0.39, 0.29) is 0 Å². The Morgan fingerprint density at radius 3 is 2.50 bits per heavy atom. The predicted octanol–water partition coefficient (Wildman–Crippen LogP) is 3.41. The molecule has 0 aromatic heterocycles. The lowest BCUT2D eigenvalue weighted by Gasteiger charge is -2.09. The van der Waals surface area contributed by atoms with E-state index in [4.69, 9.17) is 22.6 Å². The van der Waals surface area contributed by atoms with Crippen LogP contribution in [0.4, 0.5) is 11.4 Å². The molecule has 4 heteroatoms. The largest absolute Gasteiger partial charge is 0.397 e. The van der Waals surface area contributed by atoms with Gasteiger partial charge in [-0.25, -0.2) is 0 Å². The van der Waals surface area contributed by atoms with Gasteiger partial charge in [0, 0.05) is 11.6 Å². The SMILES string of the molecule is N#Cc1ccc(NCc2ccc(Cl)cc2)c(N)c1. The van der Waals surface area contributed by atoms with Gasteiger partial charge in [-0.3, -0.25) is 0 Å². The number of benzene rings is 2. The van der Waals surface area contributed by atoms with Crippen molar-refractivity contribution >= 4 is 23.0 Å². The average Bonchev–Trinajstić information content (AvgIpc) is 2.39. The Labute approximate surface area is 111 Å². The van der Waals surface area contributed by atoms with E-state index in [2.05, 4.69) is 11.4 Å². The van der Waals surface area contributed by atoms with Gasteiger partial charge in [0.15, 0.2) is 0 Å². The summed E-state index contributed by atoms with van der Waals surface area (Å²) in [6, 6.07) is 14.9. The van der Waals surface area contributed by atoms with Gasteiger partial charge in [-0.05, 0) is 35.9 Å². The third-order valence-corrected chi connectivity index (χ3v) is 2.83. The molecule has 0 radical (unpaired) electrons. The van der Waals surface area contributed by atoms with Crippen molar-refractivity contribution in [2.75, 3.05) is 11.1 Å². The van der Waals surface area contributed by atoms with E-state index in [9.17, 15) is 0 Å². The molecule has 0 amide bonds. The topological polar surface area (TPSA) is 61.8 Å². The summed E-state index contributed by atoms with van der Waals surface area (Å²) in [6.07, 6.45) is 0. The van der Waals surface area contributed by atoms with E-state index in [0.29, 0.717) is 17.8 Å². The second-order valence-corrected chi connectivity index (χ2v) is 4.33. The van der Waals surface area contributed by atoms with E-state index >= 15 is 0 Å². The number of nitrogens with one attached hydrogen (secondary N) is 1. The van der Waals surface area contributed by atoms with Gasteiger partial charge < -0.3 is 11.1 Å². The van der Waals surface area contributed by atoms with Crippen molar-refractivity contribution in [3.63, 3.8) is 0 Å². The molecule has 0 aliphatic rings. The molecule has 0 spiro atoms. The van der Waals surface area contributed by atoms with E-state index in [1.54, 1.807) is 12.1 Å². The molecule has 0 bridgehead atoms. The summed E-state index contributed by atoms with van der Waals surface area (Å²) in [4.78, 5) is 0. The van der Waals surface area contributed by atoms with Crippen LogP contribution < -0.4 is 11.1 Å². The quantitative estimate of drug-likeness (QED) is 0.829. The number of hydrogen-bond acceptors (Lipinski definition) is 3. The first-order valence-electron chi connectivity index (χ1n) is 5.47. The molecule has 0 atom stereocenters. The van der Waals surface area contributed by atoms with Crippen molar-refractivity contribution in [2.45, 2.75) is 6.54 Å². The van der Waals surface area contributed by atoms with Gasteiger partial charge in [0.25, 0.3) is 0 Å². The Hall–Kier alpha value is -2.18. The molecule has 18 heavy (non-hydrogen) atoms. The number of halogens is 1. The summed E-state index contributed by atoms with van der Waals surface area (Å²) in [5, 5.41) is 12.7. The van der Waals surface area contributed by atoms with Gasteiger partial charge >= 0.3 is 0 Å². The Morgan fingerprint density at radius 1 is 1.17 bits per heavy atom. The molecule has 90 valence electrons. The van der Waals surface area contributed by atoms with Crippen molar-refractivity contribution in [1.82, 2.24) is 0 Å². The summed E-state index contributed by atoms with van der Waals surface area (Å²) in [5.41, 5.74) is 8.92. The third-order valence-electron chi connectivity index (χ3n) is 2.58. The van der Waals surface area contributed by atoms with Crippen molar-refractivity contribution in [3.8, 4) is 6.07 Å². The summed E-state index contributed by atoms with van der Waals surface area (Å²) >= 11 is 5.82. The van der Waals surface area contributed by atoms with Crippen LogP contribution in [0.1, 0.15) is 11.1 Å². The minimum absolute atomic E-state index is 0.560. The molecular weight excluding hydrogens is 246 g/mol. The first-order chi connectivity index (χ1) is 8.69. The molecule has 0 heterocycles. The summed E-state index contributed by atoms with van der Waals surface area (Å²) in [6.45, 7) is 0.660. The zero-order valence-electron chi connectivity index (χ0n) is 9.65. The van der Waals surface area contributed by atoms with Gasteiger partial charge in [0.05, 0.1) is 23.0 Å². The predicted molar refractivity (Wildman–Crippen MR) is 74.3 cm³/mol. The fraction of sp³-hybridized carbons (Fsp3) is 0.0714. The summed E-state index contributed by atoms with van der Waals surface area (Å²) in [5.74, 6) is 0. The van der Waals surface area contributed by atoms with E-state index in [1.807, 2.05) is 30.3 Å². The Kier molecular flexibility index (Phi) is 3.71. The van der Waals surface area contributed by atoms with Crippen LogP contribution in [-0.4, -0.2) is 0 Å². The highest BCUT2D eigenvalue weighted by Gasteiger charge is 2.00. The van der Waals surface area contributed by atoms with Gasteiger partial charge in [0.2, 0.25) is 0 Å². The second kappa shape index (κ2) is 5.44. The van der Waals surface area contributed by atoms with Crippen LogP contribution in [0.15, 0.2) is 42.5 Å². The molecule has 2 rings (SSSR count). The zero-order valence-corrected chi connectivity index (χ0v) is 10.4. The van der Waals surface area contributed by atoms with Crippen LogP contribution in [0.25, 0.3) is 0 Å². The lowest BCUT2D eigenvalue weighted by molar-refractivity contribution is 1.15. The average molecular weight is 258 g/mol. The highest BCUT2D eigenvalue weighted by Crippen LogP contribution is 2.20. The summed E-state index contributed by atoms with van der Waals surface area (Å²) < 4.78 is 0. The fourth-order valence-electron chi connectivity index (χ4n) is 1.59. The molecule has 2 aromatic carbocycles. The zero-order chi connectivity index (χ0) is 13.0. The molecule has 0 aliphatic heterocycles. The molecule has 2 aromatic rings. The monoisotopic (exact) mass is 257 g/mol. The van der Waals surface area contributed by atoms with Gasteiger partial charge in [0.1, 0.15) is 0 Å². The van der Waals surface area contributed by atoms with E-state index in [0.717, 1.165) is 16.3 Å². The van der Waals surface area contributed by atoms with Crippen LogP contribution >= 0.6 is 11.6 Å². The van der Waals surface area contributed by atoms with Crippen LogP contribution in [0.2, 0.25) is 5.02 Å². The number of anilines is 2. The number of rotatable bonds is 3. The maximum Gasteiger partial charge on any atom is 0.0992 e. The fourth-order valence-corrected chi connectivity index (χ4v) is 1.72. The lowest BCUT2D eigenvalue weighted by Crippen LogP contribution is -2.02. The number of hydrogen-bond donors (Lipinski definition) is 2. The molecule has 0 aliphatic carbocycles. The Balaban J connectivity index is 2.06. The smallest absolute Gasteiger partial charge is 0.0992 e. The van der Waals surface area contributed by atoms with Crippen LogP contribution in [-0.2, 0) is 6.54 Å². The number of nitrogens with two attached hydrogens (primary N) is 1. The first-order valence-corrected chi connectivity index (χ1v) is 5.85. The minimum atomic E-state index is 0.560. The summed E-state index contributed by atoms with van der Waals surface area (Å²) in [7, 11) is 0. The molecule has 0 saturated carbocycles. The van der Waals surface area contributed by atoms with Gasteiger partial charge in [-0.2, -0.15) is 5.26 Å². The number of nitriles is 1. The second-order valence-electron chi connectivity index (χ2n) is 3.89. The van der Waals surface area contributed by atoms with Crippen molar-refractivity contribution in [3.05, 3.63) is 58.6 Å². The number of nitrogens with zero attached hydrogens (tertiary/aromatic N) is 1. The maximum atomic E-state index is 8.75. The highest BCUT2D eigenvalue weighted by atomic mass is 35.5. The molecule has 0 unspecified atom stereocenters. The normalized spacial score (nSPS) is 9.78.